The van der Waals surface area contributed by atoms with Gasteiger partial charge in [0, 0.05) is 24.4 Å². The zero-order chi connectivity index (χ0) is 14.6. The molecule has 0 amide bonds. The summed E-state index contributed by atoms with van der Waals surface area (Å²) in [6, 6.07) is 0. The Labute approximate surface area is 122 Å². The van der Waals surface area contributed by atoms with Crippen LogP contribution < -0.4 is 5.32 Å². The Balaban J connectivity index is 2.42. The molecule has 1 saturated carbocycles. The summed E-state index contributed by atoms with van der Waals surface area (Å²) in [5.74, 6) is 1.83. The van der Waals surface area contributed by atoms with Crippen molar-refractivity contribution >= 4 is 5.82 Å². The Bertz CT molecular complexity index is 448. The Morgan fingerprint density at radius 3 is 2.40 bits per heavy atom. The molecule has 4 heteroatoms. The van der Waals surface area contributed by atoms with Crippen LogP contribution in [0.2, 0.25) is 0 Å². The molecule has 1 aliphatic rings. The number of rotatable bonds is 5. The molecule has 0 saturated heterocycles. The van der Waals surface area contributed by atoms with Crippen LogP contribution >= 0.6 is 0 Å². The van der Waals surface area contributed by atoms with Gasteiger partial charge >= 0.3 is 0 Å². The molecule has 2 rings (SSSR count). The van der Waals surface area contributed by atoms with E-state index >= 15 is 0 Å². The van der Waals surface area contributed by atoms with Crippen molar-refractivity contribution in [3.8, 4) is 0 Å². The van der Waals surface area contributed by atoms with E-state index in [1.165, 1.54) is 19.3 Å². The topological polar surface area (TPSA) is 47.0 Å². The molecule has 0 atom stereocenters. The molecule has 1 aromatic heterocycles. The fourth-order valence-corrected chi connectivity index (χ4v) is 3.00. The maximum Gasteiger partial charge on any atom is 0.162 e. The molecule has 1 aromatic rings. The van der Waals surface area contributed by atoms with Gasteiger partial charge in [-0.1, -0.05) is 19.3 Å². The van der Waals surface area contributed by atoms with E-state index in [1.54, 1.807) is 0 Å². The molecule has 4 nitrogen and oxygen atoms in total. The molecule has 0 spiro atoms. The molecule has 1 heterocycles. The lowest BCUT2D eigenvalue weighted by atomic mass is 9.83. The van der Waals surface area contributed by atoms with Crippen LogP contribution in [0.25, 0.3) is 0 Å². The maximum absolute atomic E-state index is 6.13. The van der Waals surface area contributed by atoms with Gasteiger partial charge in [0.05, 0.1) is 0 Å². The number of hydrogen-bond acceptors (Lipinski definition) is 4. The molecule has 1 fully saturated rings. The number of aryl methyl sites for hydroxylation is 1. The van der Waals surface area contributed by atoms with E-state index in [2.05, 4.69) is 33.0 Å². The lowest BCUT2D eigenvalue weighted by Crippen LogP contribution is -2.35. The van der Waals surface area contributed by atoms with Crippen molar-refractivity contribution in [3.63, 3.8) is 0 Å². The lowest BCUT2D eigenvalue weighted by Gasteiger charge is -2.36. The Morgan fingerprint density at radius 2 is 1.80 bits per heavy atom. The molecule has 20 heavy (non-hydrogen) atoms. The van der Waals surface area contributed by atoms with Gasteiger partial charge in [-0.2, -0.15) is 0 Å². The number of ether oxygens (including phenoxy) is 1. The van der Waals surface area contributed by atoms with E-state index in [1.807, 2.05) is 0 Å². The van der Waals surface area contributed by atoms with Gasteiger partial charge in [0.25, 0.3) is 0 Å². The van der Waals surface area contributed by atoms with E-state index in [0.717, 1.165) is 42.3 Å². The minimum absolute atomic E-state index is 0.268. The average Bonchev–Trinajstić information content (AvgIpc) is 2.45. The summed E-state index contributed by atoms with van der Waals surface area (Å²) in [4.78, 5) is 9.54. The second kappa shape index (κ2) is 6.53. The largest absolute Gasteiger partial charge is 0.370 e. The standard InChI is InChI=1S/C16H27N3O/c1-5-17-14-12(3)13(4)18-15(19-14)16(20-6-2)10-8-7-9-11-16/h5-11H2,1-4H3,(H,17,18,19). The minimum Gasteiger partial charge on any atom is -0.370 e. The van der Waals surface area contributed by atoms with Crippen molar-refractivity contribution in [3.05, 3.63) is 17.1 Å². The second-order valence-corrected chi connectivity index (χ2v) is 5.62. The van der Waals surface area contributed by atoms with Crippen molar-refractivity contribution < 1.29 is 4.74 Å². The molecular weight excluding hydrogens is 250 g/mol. The number of aromatic nitrogens is 2. The van der Waals surface area contributed by atoms with Gasteiger partial charge in [-0.15, -0.1) is 0 Å². The SMILES string of the molecule is CCNc1nc(C2(OCC)CCCCC2)nc(C)c1C. The van der Waals surface area contributed by atoms with E-state index < -0.39 is 0 Å². The fourth-order valence-electron chi connectivity index (χ4n) is 3.00. The number of hydrogen-bond donors (Lipinski definition) is 1. The Hall–Kier alpha value is -1.16. The molecular formula is C16H27N3O. The molecule has 0 unspecified atom stereocenters. The molecule has 112 valence electrons. The Morgan fingerprint density at radius 1 is 1.10 bits per heavy atom. The smallest absolute Gasteiger partial charge is 0.162 e. The molecule has 0 aromatic carbocycles. The highest BCUT2D eigenvalue weighted by Gasteiger charge is 2.38. The summed E-state index contributed by atoms with van der Waals surface area (Å²) in [7, 11) is 0. The van der Waals surface area contributed by atoms with Crippen molar-refractivity contribution in [2.45, 2.75) is 65.4 Å². The minimum atomic E-state index is -0.268. The van der Waals surface area contributed by atoms with Crippen molar-refractivity contribution in [1.29, 1.82) is 0 Å². The van der Waals surface area contributed by atoms with E-state index in [0.29, 0.717) is 6.61 Å². The van der Waals surface area contributed by atoms with Crippen LogP contribution in [0.5, 0.6) is 0 Å². The van der Waals surface area contributed by atoms with Crippen molar-refractivity contribution in [1.82, 2.24) is 9.97 Å². The number of nitrogens with zero attached hydrogens (tertiary/aromatic N) is 2. The van der Waals surface area contributed by atoms with Crippen LogP contribution in [0.4, 0.5) is 5.82 Å². The predicted molar refractivity (Wildman–Crippen MR) is 82.1 cm³/mol. The third-order valence-corrected chi connectivity index (χ3v) is 4.22. The zero-order valence-electron chi connectivity index (χ0n) is 13.3. The summed E-state index contributed by atoms with van der Waals surface area (Å²) >= 11 is 0. The summed E-state index contributed by atoms with van der Waals surface area (Å²) in [5, 5.41) is 3.35. The quantitative estimate of drug-likeness (QED) is 0.891. The lowest BCUT2D eigenvalue weighted by molar-refractivity contribution is -0.0767. The third kappa shape index (κ3) is 2.95. The van der Waals surface area contributed by atoms with Crippen LogP contribution in [0, 0.1) is 13.8 Å². The van der Waals surface area contributed by atoms with Crippen LogP contribution in [0.1, 0.15) is 63.0 Å². The normalized spacial score (nSPS) is 18.0. The van der Waals surface area contributed by atoms with Gasteiger partial charge < -0.3 is 10.1 Å². The molecule has 1 N–H and O–H groups in total. The maximum atomic E-state index is 6.13. The Kier molecular flexibility index (Phi) is 4.97. The first-order valence-electron chi connectivity index (χ1n) is 7.86. The van der Waals surface area contributed by atoms with Gasteiger partial charge in [-0.05, 0) is 40.5 Å². The number of nitrogens with one attached hydrogen (secondary N) is 1. The van der Waals surface area contributed by atoms with Crippen LogP contribution in [0.15, 0.2) is 0 Å². The monoisotopic (exact) mass is 277 g/mol. The first kappa shape index (κ1) is 15.2. The first-order chi connectivity index (χ1) is 9.63. The second-order valence-electron chi connectivity index (χ2n) is 5.62. The van der Waals surface area contributed by atoms with Gasteiger partial charge in [-0.25, -0.2) is 9.97 Å². The summed E-state index contributed by atoms with van der Waals surface area (Å²) in [6.07, 6.45) is 5.77. The van der Waals surface area contributed by atoms with Crippen molar-refractivity contribution in [2.75, 3.05) is 18.5 Å². The highest BCUT2D eigenvalue weighted by atomic mass is 16.5. The van der Waals surface area contributed by atoms with E-state index in [-0.39, 0.29) is 5.60 Å². The summed E-state index contributed by atoms with van der Waals surface area (Å²) < 4.78 is 6.13. The molecule has 0 radical (unpaired) electrons. The van der Waals surface area contributed by atoms with Gasteiger partial charge in [-0.3, -0.25) is 0 Å². The summed E-state index contributed by atoms with van der Waals surface area (Å²) in [6.45, 7) is 9.87. The first-order valence-corrected chi connectivity index (χ1v) is 7.86. The number of anilines is 1. The molecule has 1 aliphatic carbocycles. The predicted octanol–water partition coefficient (Wildman–Crippen LogP) is 3.72. The average molecular weight is 277 g/mol. The zero-order valence-corrected chi connectivity index (χ0v) is 13.3. The van der Waals surface area contributed by atoms with E-state index in [9.17, 15) is 0 Å². The van der Waals surface area contributed by atoms with Crippen molar-refractivity contribution in [2.24, 2.45) is 0 Å². The fraction of sp³-hybridized carbons (Fsp3) is 0.750. The van der Waals surface area contributed by atoms with Crippen LogP contribution in [-0.4, -0.2) is 23.1 Å². The third-order valence-electron chi connectivity index (χ3n) is 4.22. The van der Waals surface area contributed by atoms with Gasteiger partial charge in [0.2, 0.25) is 0 Å². The summed E-state index contributed by atoms with van der Waals surface area (Å²) in [5.41, 5.74) is 1.92. The molecule has 0 aliphatic heterocycles. The highest BCUT2D eigenvalue weighted by Crippen LogP contribution is 2.39. The van der Waals surface area contributed by atoms with Gasteiger partial charge in [0.1, 0.15) is 11.4 Å². The highest BCUT2D eigenvalue weighted by molar-refractivity contribution is 5.45. The van der Waals surface area contributed by atoms with Crippen LogP contribution in [-0.2, 0) is 10.3 Å². The molecule has 0 bridgehead atoms. The van der Waals surface area contributed by atoms with E-state index in [4.69, 9.17) is 14.7 Å². The van der Waals surface area contributed by atoms with Gasteiger partial charge in [0.15, 0.2) is 5.82 Å². The van der Waals surface area contributed by atoms with Crippen LogP contribution in [0.3, 0.4) is 0 Å².